The molecule has 0 aliphatic carbocycles. The van der Waals surface area contributed by atoms with Crippen LogP contribution in [0.3, 0.4) is 0 Å². The van der Waals surface area contributed by atoms with Crippen molar-refractivity contribution < 1.29 is 17.4 Å². The fourth-order valence-electron chi connectivity index (χ4n) is 1.79. The van der Waals surface area contributed by atoms with Gasteiger partial charge in [0.25, 0.3) is 5.91 Å². The lowest BCUT2D eigenvalue weighted by molar-refractivity contribution is 0.0827. The van der Waals surface area contributed by atoms with E-state index in [0.717, 1.165) is 16.2 Å². The quantitative estimate of drug-likeness (QED) is 0.804. The van der Waals surface area contributed by atoms with E-state index in [2.05, 4.69) is 0 Å². The molecular weight excluding hydrogens is 322 g/mol. The molecule has 0 unspecified atom stereocenters. The number of hydrogen-bond donors (Lipinski definition) is 0. The molecule has 0 aliphatic rings. The fraction of sp³-hybridized carbons (Fsp3) is 0.267. The van der Waals surface area contributed by atoms with Crippen LogP contribution in [-0.2, 0) is 10.1 Å². The van der Waals surface area contributed by atoms with E-state index in [-0.39, 0.29) is 15.9 Å². The van der Waals surface area contributed by atoms with Crippen molar-refractivity contribution in [3.05, 3.63) is 46.3 Å². The lowest BCUT2D eigenvalue weighted by atomic mass is 10.1. The minimum atomic E-state index is -3.88. The Morgan fingerprint density at radius 1 is 1.14 bits per heavy atom. The largest absolute Gasteiger partial charge is 0.378 e. The first-order valence-corrected chi connectivity index (χ1v) is 8.76. The van der Waals surface area contributed by atoms with Gasteiger partial charge in [-0.05, 0) is 43.7 Å². The zero-order chi connectivity index (χ0) is 16.5. The van der Waals surface area contributed by atoms with Crippen molar-refractivity contribution in [3.63, 3.8) is 0 Å². The zero-order valence-electron chi connectivity index (χ0n) is 12.8. The van der Waals surface area contributed by atoms with Crippen LogP contribution < -0.4 is 4.18 Å². The van der Waals surface area contributed by atoms with Crippen LogP contribution in [0.25, 0.3) is 0 Å². The van der Waals surface area contributed by atoms with E-state index >= 15 is 0 Å². The van der Waals surface area contributed by atoms with Gasteiger partial charge in [0.05, 0.1) is 0 Å². The molecule has 0 saturated heterocycles. The van der Waals surface area contributed by atoms with Crippen molar-refractivity contribution in [3.8, 4) is 5.75 Å². The van der Waals surface area contributed by atoms with E-state index in [4.69, 9.17) is 4.18 Å². The van der Waals surface area contributed by atoms with Gasteiger partial charge in [-0.1, -0.05) is 6.07 Å². The Balaban J connectivity index is 2.37. The predicted molar refractivity (Wildman–Crippen MR) is 86.1 cm³/mol. The number of aryl methyl sites for hydroxylation is 2. The van der Waals surface area contributed by atoms with Crippen molar-refractivity contribution in [2.45, 2.75) is 18.1 Å². The van der Waals surface area contributed by atoms with Gasteiger partial charge in [0.2, 0.25) is 0 Å². The van der Waals surface area contributed by atoms with E-state index in [1.807, 2.05) is 6.92 Å². The smallest absolute Gasteiger partial charge is 0.348 e. The molecule has 2 rings (SSSR count). The van der Waals surface area contributed by atoms with E-state index in [9.17, 15) is 13.2 Å². The van der Waals surface area contributed by atoms with E-state index in [1.54, 1.807) is 39.2 Å². The normalized spacial score (nSPS) is 11.3. The number of hydrogen-bond acceptors (Lipinski definition) is 5. The molecule has 1 aromatic heterocycles. The number of benzene rings is 1. The summed E-state index contributed by atoms with van der Waals surface area (Å²) in [6.07, 6.45) is 0. The summed E-state index contributed by atoms with van der Waals surface area (Å²) in [5.41, 5.74) is 1.02. The number of carbonyl (C=O) groups is 1. The van der Waals surface area contributed by atoms with Crippen molar-refractivity contribution in [2.24, 2.45) is 0 Å². The predicted octanol–water partition coefficient (Wildman–Crippen LogP) is 2.83. The van der Waals surface area contributed by atoms with Gasteiger partial charge in [-0.25, -0.2) is 0 Å². The Labute approximate surface area is 134 Å². The molecule has 118 valence electrons. The van der Waals surface area contributed by atoms with Crippen LogP contribution in [0.5, 0.6) is 5.75 Å². The van der Waals surface area contributed by atoms with Gasteiger partial charge in [-0.3, -0.25) is 4.79 Å². The molecule has 0 fully saturated rings. The molecule has 0 bridgehead atoms. The summed E-state index contributed by atoms with van der Waals surface area (Å²) in [6, 6.07) is 8.00. The molecule has 0 saturated carbocycles. The van der Waals surface area contributed by atoms with E-state index < -0.39 is 10.1 Å². The van der Waals surface area contributed by atoms with Gasteiger partial charge in [0.1, 0.15) is 5.75 Å². The van der Waals surface area contributed by atoms with Gasteiger partial charge < -0.3 is 9.08 Å². The lowest BCUT2D eigenvalue weighted by Gasteiger charge is -2.13. The number of rotatable bonds is 4. The molecule has 1 aromatic carbocycles. The first-order chi connectivity index (χ1) is 10.2. The lowest BCUT2D eigenvalue weighted by Crippen LogP contribution is -2.21. The third kappa shape index (κ3) is 3.48. The van der Waals surface area contributed by atoms with Crippen LogP contribution in [0.2, 0.25) is 0 Å². The summed E-state index contributed by atoms with van der Waals surface area (Å²) < 4.78 is 29.9. The summed E-state index contributed by atoms with van der Waals surface area (Å²) in [4.78, 5) is 14.3. The Bertz CT molecular complexity index is 807. The molecule has 1 heterocycles. The van der Waals surface area contributed by atoms with Gasteiger partial charge in [0.15, 0.2) is 4.21 Å². The maximum absolute atomic E-state index is 12.3. The number of thiophene rings is 1. The second-order valence-electron chi connectivity index (χ2n) is 5.08. The minimum absolute atomic E-state index is 0.147. The summed E-state index contributed by atoms with van der Waals surface area (Å²) in [7, 11) is -0.618. The molecule has 5 nitrogen and oxygen atoms in total. The number of carbonyl (C=O) groups excluding carboxylic acids is 1. The van der Waals surface area contributed by atoms with Crippen LogP contribution >= 0.6 is 11.3 Å². The first kappa shape index (κ1) is 16.5. The highest BCUT2D eigenvalue weighted by Gasteiger charge is 2.21. The highest BCUT2D eigenvalue weighted by molar-refractivity contribution is 7.89. The highest BCUT2D eigenvalue weighted by Crippen LogP contribution is 2.27. The van der Waals surface area contributed by atoms with Crippen LogP contribution in [0.1, 0.15) is 20.8 Å². The highest BCUT2D eigenvalue weighted by atomic mass is 32.3. The summed E-state index contributed by atoms with van der Waals surface area (Å²) >= 11 is 1.15. The van der Waals surface area contributed by atoms with E-state index in [1.165, 1.54) is 17.0 Å². The molecule has 0 N–H and O–H groups in total. The summed E-state index contributed by atoms with van der Waals surface area (Å²) in [5, 5.41) is 0. The average Bonchev–Trinajstić information content (AvgIpc) is 2.87. The van der Waals surface area contributed by atoms with Crippen molar-refractivity contribution in [1.82, 2.24) is 4.90 Å². The van der Waals surface area contributed by atoms with Crippen LogP contribution in [-0.4, -0.2) is 33.3 Å². The molecule has 22 heavy (non-hydrogen) atoms. The summed E-state index contributed by atoms with van der Waals surface area (Å²) in [6.45, 7) is 3.56. The van der Waals surface area contributed by atoms with Gasteiger partial charge in [-0.15, -0.1) is 11.3 Å². The molecule has 7 heteroatoms. The molecule has 2 aromatic rings. The van der Waals surface area contributed by atoms with Gasteiger partial charge in [-0.2, -0.15) is 8.42 Å². The second kappa shape index (κ2) is 6.10. The molecule has 1 amide bonds. The van der Waals surface area contributed by atoms with Gasteiger partial charge in [0, 0.05) is 24.5 Å². The Morgan fingerprint density at radius 3 is 2.36 bits per heavy atom. The molecular formula is C15H17NO4S2. The van der Waals surface area contributed by atoms with Crippen LogP contribution in [0.15, 0.2) is 34.5 Å². The third-order valence-electron chi connectivity index (χ3n) is 3.00. The molecule has 0 radical (unpaired) electrons. The van der Waals surface area contributed by atoms with Gasteiger partial charge >= 0.3 is 10.1 Å². The zero-order valence-corrected chi connectivity index (χ0v) is 14.4. The maximum atomic E-state index is 12.3. The SMILES string of the molecule is Cc1ccc(S(=O)(=O)Oc2cc(C(=O)N(C)C)ccc2C)s1. The van der Waals surface area contributed by atoms with Crippen molar-refractivity contribution >= 4 is 27.4 Å². The molecule has 0 atom stereocenters. The number of amides is 1. The van der Waals surface area contributed by atoms with Crippen LogP contribution in [0.4, 0.5) is 0 Å². The topological polar surface area (TPSA) is 63.7 Å². The second-order valence-corrected chi connectivity index (χ2v) is 8.14. The maximum Gasteiger partial charge on any atom is 0.348 e. The van der Waals surface area contributed by atoms with Crippen LogP contribution in [0, 0.1) is 13.8 Å². The van der Waals surface area contributed by atoms with Crippen molar-refractivity contribution in [1.29, 1.82) is 0 Å². The Morgan fingerprint density at radius 2 is 1.82 bits per heavy atom. The first-order valence-electron chi connectivity index (χ1n) is 6.54. The monoisotopic (exact) mass is 339 g/mol. The number of nitrogens with zero attached hydrogens (tertiary/aromatic N) is 1. The third-order valence-corrected chi connectivity index (χ3v) is 5.69. The Hall–Kier alpha value is -1.86. The Kier molecular flexibility index (Phi) is 4.58. The average molecular weight is 339 g/mol. The molecule has 0 aliphatic heterocycles. The standard InChI is InChI=1S/C15H17NO4S2/c1-10-5-7-12(15(17)16(3)4)9-13(10)20-22(18,19)14-8-6-11(2)21-14/h5-9H,1-4H3. The summed E-state index contributed by atoms with van der Waals surface area (Å²) in [5.74, 6) is -0.0482. The minimum Gasteiger partial charge on any atom is -0.378 e. The molecule has 0 spiro atoms. The van der Waals surface area contributed by atoms with Crippen molar-refractivity contribution in [2.75, 3.05) is 14.1 Å². The fourth-order valence-corrected chi connectivity index (χ4v) is 4.01. The van der Waals surface area contributed by atoms with E-state index in [0.29, 0.717) is 11.1 Å².